The SMILES string of the molecule is CC[C@H](C)N(C(=O)CN1C(=O)N[C@@](Cc2ccccc2)(c2ccccc2)C1=O)[C@@H]1CCS(=O)(=O)C1. The predicted molar refractivity (Wildman–Crippen MR) is 132 cm³/mol. The monoisotopic (exact) mass is 497 g/mol. The Morgan fingerprint density at radius 1 is 1.11 bits per heavy atom. The van der Waals surface area contributed by atoms with E-state index in [2.05, 4.69) is 5.32 Å². The second-order valence-corrected chi connectivity index (χ2v) is 11.6. The first kappa shape index (κ1) is 24.9. The Bertz CT molecular complexity index is 1200. The first-order chi connectivity index (χ1) is 16.7. The number of carbonyl (C=O) groups excluding carboxylic acids is 3. The number of hydrogen-bond donors (Lipinski definition) is 1. The van der Waals surface area contributed by atoms with Crippen LogP contribution in [-0.2, 0) is 31.4 Å². The number of carbonyl (C=O) groups is 3. The lowest BCUT2D eigenvalue weighted by molar-refractivity contribution is -0.141. The maximum atomic E-state index is 13.8. The van der Waals surface area contributed by atoms with Gasteiger partial charge in [0.15, 0.2) is 15.4 Å². The van der Waals surface area contributed by atoms with Crippen LogP contribution in [0.2, 0.25) is 0 Å². The summed E-state index contributed by atoms with van der Waals surface area (Å²) in [6.45, 7) is 3.34. The van der Waals surface area contributed by atoms with Crippen molar-refractivity contribution in [3.05, 3.63) is 71.8 Å². The van der Waals surface area contributed by atoms with Gasteiger partial charge in [0.25, 0.3) is 5.91 Å². The van der Waals surface area contributed by atoms with E-state index in [1.54, 1.807) is 29.2 Å². The van der Waals surface area contributed by atoms with Crippen LogP contribution in [0.15, 0.2) is 60.7 Å². The lowest BCUT2D eigenvalue weighted by Crippen LogP contribution is -2.52. The van der Waals surface area contributed by atoms with Gasteiger partial charge in [-0.2, -0.15) is 0 Å². The van der Waals surface area contributed by atoms with Crippen LogP contribution in [0.3, 0.4) is 0 Å². The topological polar surface area (TPSA) is 104 Å². The Morgan fingerprint density at radius 2 is 1.74 bits per heavy atom. The molecule has 3 atom stereocenters. The van der Waals surface area contributed by atoms with E-state index < -0.39 is 45.8 Å². The molecule has 8 nitrogen and oxygen atoms in total. The van der Waals surface area contributed by atoms with Crippen LogP contribution in [-0.4, -0.2) is 66.2 Å². The molecule has 0 saturated carbocycles. The first-order valence-electron chi connectivity index (χ1n) is 11.9. The molecule has 0 spiro atoms. The molecule has 9 heteroatoms. The van der Waals surface area contributed by atoms with Gasteiger partial charge in [0, 0.05) is 18.5 Å². The quantitative estimate of drug-likeness (QED) is 0.565. The number of nitrogens with zero attached hydrogens (tertiary/aromatic N) is 2. The van der Waals surface area contributed by atoms with Gasteiger partial charge in [-0.1, -0.05) is 67.6 Å². The lowest BCUT2D eigenvalue weighted by Gasteiger charge is -2.34. The van der Waals surface area contributed by atoms with E-state index in [4.69, 9.17) is 0 Å². The minimum absolute atomic E-state index is 0.0369. The number of amides is 4. The summed E-state index contributed by atoms with van der Waals surface area (Å²) in [6.07, 6.45) is 1.23. The summed E-state index contributed by atoms with van der Waals surface area (Å²) in [6, 6.07) is 17.1. The molecule has 2 aliphatic rings. The highest BCUT2D eigenvalue weighted by Crippen LogP contribution is 2.33. The summed E-state index contributed by atoms with van der Waals surface area (Å²) in [5.41, 5.74) is 0.172. The van der Waals surface area contributed by atoms with Crippen molar-refractivity contribution in [2.45, 2.75) is 50.7 Å². The van der Waals surface area contributed by atoms with Crippen molar-refractivity contribution in [3.8, 4) is 0 Å². The zero-order valence-electron chi connectivity index (χ0n) is 20.0. The molecule has 0 bridgehead atoms. The fourth-order valence-electron chi connectivity index (χ4n) is 5.03. The molecular formula is C26H31N3O5S. The summed E-state index contributed by atoms with van der Waals surface area (Å²) in [7, 11) is -3.21. The number of sulfone groups is 1. The van der Waals surface area contributed by atoms with E-state index in [-0.39, 0.29) is 24.0 Å². The van der Waals surface area contributed by atoms with E-state index in [1.807, 2.05) is 50.2 Å². The molecule has 0 aliphatic carbocycles. The van der Waals surface area contributed by atoms with Crippen molar-refractivity contribution in [1.82, 2.24) is 15.1 Å². The maximum absolute atomic E-state index is 13.8. The molecule has 0 aromatic heterocycles. The molecule has 4 rings (SSSR count). The van der Waals surface area contributed by atoms with Gasteiger partial charge in [-0.15, -0.1) is 0 Å². The van der Waals surface area contributed by atoms with Crippen LogP contribution in [0.5, 0.6) is 0 Å². The standard InChI is InChI=1S/C26H31N3O5S/c1-3-19(2)29(22-14-15-35(33,34)18-22)23(30)17-28-24(31)26(27-25(28)32,21-12-8-5-9-13-21)16-20-10-6-4-7-11-20/h4-13,19,22H,3,14-18H2,1-2H3,(H,27,32)/t19-,22+,26-/m0/s1. The molecule has 4 amide bonds. The lowest BCUT2D eigenvalue weighted by atomic mass is 9.83. The highest BCUT2D eigenvalue weighted by molar-refractivity contribution is 7.91. The van der Waals surface area contributed by atoms with Gasteiger partial charge < -0.3 is 10.2 Å². The molecule has 1 N–H and O–H groups in total. The van der Waals surface area contributed by atoms with Gasteiger partial charge in [0.05, 0.1) is 11.5 Å². The summed E-state index contributed by atoms with van der Waals surface area (Å²) in [5, 5.41) is 2.87. The van der Waals surface area contributed by atoms with Crippen molar-refractivity contribution >= 4 is 27.7 Å². The highest BCUT2D eigenvalue weighted by atomic mass is 32.2. The molecule has 0 radical (unpaired) electrons. The zero-order chi connectivity index (χ0) is 25.2. The summed E-state index contributed by atoms with van der Waals surface area (Å²) in [5.74, 6) is -0.969. The number of hydrogen-bond acceptors (Lipinski definition) is 5. The average molecular weight is 498 g/mol. The van der Waals surface area contributed by atoms with Crippen molar-refractivity contribution < 1.29 is 22.8 Å². The Balaban J connectivity index is 1.63. The molecule has 186 valence electrons. The van der Waals surface area contributed by atoms with Gasteiger partial charge in [-0.05, 0) is 30.9 Å². The first-order valence-corrected chi connectivity index (χ1v) is 13.7. The third kappa shape index (κ3) is 4.96. The number of benzene rings is 2. The van der Waals surface area contributed by atoms with E-state index in [9.17, 15) is 22.8 Å². The molecule has 2 heterocycles. The Morgan fingerprint density at radius 3 is 2.31 bits per heavy atom. The van der Waals surface area contributed by atoms with Crippen molar-refractivity contribution in [2.24, 2.45) is 0 Å². The second-order valence-electron chi connectivity index (χ2n) is 9.37. The third-order valence-electron chi connectivity index (χ3n) is 7.00. The smallest absolute Gasteiger partial charge is 0.325 e. The van der Waals surface area contributed by atoms with E-state index in [1.165, 1.54) is 0 Å². The molecule has 2 fully saturated rings. The van der Waals surface area contributed by atoms with E-state index in [0.717, 1.165) is 10.5 Å². The van der Waals surface area contributed by atoms with Crippen LogP contribution in [0.25, 0.3) is 0 Å². The van der Waals surface area contributed by atoms with Crippen LogP contribution >= 0.6 is 0 Å². The third-order valence-corrected chi connectivity index (χ3v) is 8.75. The van der Waals surface area contributed by atoms with Crippen molar-refractivity contribution in [1.29, 1.82) is 0 Å². The van der Waals surface area contributed by atoms with Gasteiger partial charge in [-0.25, -0.2) is 13.2 Å². The molecule has 2 aromatic rings. The van der Waals surface area contributed by atoms with Crippen molar-refractivity contribution in [3.63, 3.8) is 0 Å². The fraction of sp³-hybridized carbons (Fsp3) is 0.423. The zero-order valence-corrected chi connectivity index (χ0v) is 20.8. The summed E-state index contributed by atoms with van der Waals surface area (Å²) >= 11 is 0. The summed E-state index contributed by atoms with van der Waals surface area (Å²) in [4.78, 5) is 42.9. The normalized spacial score (nSPS) is 24.3. The van der Waals surface area contributed by atoms with Crippen LogP contribution in [0, 0.1) is 0 Å². The van der Waals surface area contributed by atoms with Gasteiger partial charge in [-0.3, -0.25) is 14.5 Å². The number of imide groups is 1. The molecular weight excluding hydrogens is 466 g/mol. The maximum Gasteiger partial charge on any atom is 0.325 e. The van der Waals surface area contributed by atoms with E-state index >= 15 is 0 Å². The van der Waals surface area contributed by atoms with Crippen LogP contribution in [0.4, 0.5) is 4.79 Å². The summed E-state index contributed by atoms with van der Waals surface area (Å²) < 4.78 is 24.2. The fourth-order valence-corrected chi connectivity index (χ4v) is 6.74. The molecule has 2 aliphatic heterocycles. The predicted octanol–water partition coefficient (Wildman–Crippen LogP) is 2.49. The van der Waals surface area contributed by atoms with Gasteiger partial charge in [0.1, 0.15) is 6.54 Å². The molecule has 0 unspecified atom stereocenters. The van der Waals surface area contributed by atoms with Crippen molar-refractivity contribution in [2.75, 3.05) is 18.1 Å². The number of urea groups is 1. The second kappa shape index (κ2) is 9.81. The van der Waals surface area contributed by atoms with Gasteiger partial charge in [0.2, 0.25) is 5.91 Å². The minimum Gasteiger partial charge on any atom is -0.334 e. The van der Waals surface area contributed by atoms with Crippen LogP contribution in [0.1, 0.15) is 37.8 Å². The molecule has 2 aromatic carbocycles. The average Bonchev–Trinajstić information content (AvgIpc) is 3.32. The number of rotatable bonds is 8. The van der Waals surface area contributed by atoms with Crippen LogP contribution < -0.4 is 5.32 Å². The van der Waals surface area contributed by atoms with E-state index in [0.29, 0.717) is 18.4 Å². The Hall–Kier alpha value is -3.20. The molecule has 2 saturated heterocycles. The molecule has 35 heavy (non-hydrogen) atoms. The van der Waals surface area contributed by atoms with Gasteiger partial charge >= 0.3 is 6.03 Å². The Kier molecular flexibility index (Phi) is 6.98. The largest absolute Gasteiger partial charge is 0.334 e. The highest BCUT2D eigenvalue weighted by Gasteiger charge is 2.53. The Labute approximate surface area is 206 Å². The minimum atomic E-state index is -3.21. The number of nitrogens with one attached hydrogen (secondary N) is 1.